The fourth-order valence-electron chi connectivity index (χ4n) is 3.17. The molecule has 0 bridgehead atoms. The van der Waals surface area contributed by atoms with Gasteiger partial charge in [0.15, 0.2) is 0 Å². The average Bonchev–Trinajstić information content (AvgIpc) is 2.89. The van der Waals surface area contributed by atoms with E-state index in [9.17, 15) is 4.79 Å². The average molecular weight is 268 g/mol. The first-order chi connectivity index (χ1) is 9.17. The van der Waals surface area contributed by atoms with Crippen LogP contribution in [0, 0.1) is 11.8 Å². The molecule has 0 saturated heterocycles. The van der Waals surface area contributed by atoms with Gasteiger partial charge in [0, 0.05) is 18.5 Å². The molecule has 1 aliphatic carbocycles. The van der Waals surface area contributed by atoms with Crippen LogP contribution in [-0.2, 0) is 4.79 Å². The molecule has 112 valence electrons. The molecule has 0 aromatic carbocycles. The number of hydrogen-bond donors (Lipinski definition) is 2. The van der Waals surface area contributed by atoms with E-state index >= 15 is 0 Å². The first-order valence-corrected chi connectivity index (χ1v) is 8.18. The molecule has 0 aromatic rings. The molecular weight excluding hydrogens is 236 g/mol. The Morgan fingerprint density at radius 1 is 1.26 bits per heavy atom. The van der Waals surface area contributed by atoms with Gasteiger partial charge >= 0.3 is 0 Å². The van der Waals surface area contributed by atoms with Crippen LogP contribution in [0.4, 0.5) is 0 Å². The topological polar surface area (TPSA) is 41.1 Å². The summed E-state index contributed by atoms with van der Waals surface area (Å²) >= 11 is 0. The van der Waals surface area contributed by atoms with Crippen molar-refractivity contribution < 1.29 is 4.79 Å². The summed E-state index contributed by atoms with van der Waals surface area (Å²) in [6, 6.07) is 0.364. The molecule has 2 N–H and O–H groups in total. The van der Waals surface area contributed by atoms with Gasteiger partial charge in [-0.05, 0) is 32.2 Å². The number of amides is 1. The van der Waals surface area contributed by atoms with E-state index in [4.69, 9.17) is 0 Å². The summed E-state index contributed by atoms with van der Waals surface area (Å²) in [7, 11) is 0. The molecular formula is C16H32N2O. The summed E-state index contributed by atoms with van der Waals surface area (Å²) in [6.07, 6.45) is 8.65. The Bertz CT molecular complexity index is 249. The van der Waals surface area contributed by atoms with E-state index < -0.39 is 0 Å². The molecule has 0 heterocycles. The molecule has 0 aromatic heterocycles. The number of nitrogens with one attached hydrogen (secondary N) is 2. The number of carbonyl (C=O) groups is 1. The van der Waals surface area contributed by atoms with Crippen molar-refractivity contribution in [1.29, 1.82) is 0 Å². The number of rotatable bonds is 9. The summed E-state index contributed by atoms with van der Waals surface area (Å²) in [5.74, 6) is 1.31. The van der Waals surface area contributed by atoms with E-state index in [2.05, 4.69) is 31.4 Å². The molecule has 0 spiro atoms. The van der Waals surface area contributed by atoms with Gasteiger partial charge in [0.1, 0.15) is 0 Å². The lowest BCUT2D eigenvalue weighted by atomic mass is 9.89. The van der Waals surface area contributed by atoms with Gasteiger partial charge in [-0.3, -0.25) is 4.79 Å². The quantitative estimate of drug-likeness (QED) is 0.674. The highest BCUT2D eigenvalue weighted by Crippen LogP contribution is 2.31. The highest BCUT2D eigenvalue weighted by Gasteiger charge is 2.24. The molecule has 1 aliphatic rings. The zero-order chi connectivity index (χ0) is 14.1. The second kappa shape index (κ2) is 9.35. The van der Waals surface area contributed by atoms with Gasteiger partial charge in [-0.15, -0.1) is 0 Å². The van der Waals surface area contributed by atoms with Crippen molar-refractivity contribution >= 4 is 5.91 Å². The Morgan fingerprint density at radius 3 is 2.53 bits per heavy atom. The van der Waals surface area contributed by atoms with Crippen molar-refractivity contribution in [2.75, 3.05) is 13.1 Å². The normalized spacial score (nSPS) is 19.3. The molecule has 3 heteroatoms. The van der Waals surface area contributed by atoms with Crippen LogP contribution in [0.2, 0.25) is 0 Å². The van der Waals surface area contributed by atoms with E-state index in [1.807, 2.05) is 0 Å². The Kier molecular flexibility index (Phi) is 8.11. The molecule has 2 atom stereocenters. The second-order valence-electron chi connectivity index (χ2n) is 6.08. The lowest BCUT2D eigenvalue weighted by Gasteiger charge is -2.21. The Balaban J connectivity index is 2.34. The highest BCUT2D eigenvalue weighted by molar-refractivity contribution is 5.78. The zero-order valence-electron chi connectivity index (χ0n) is 13.0. The second-order valence-corrected chi connectivity index (χ2v) is 6.08. The number of likely N-dealkylation sites (N-methyl/N-ethyl adjacent to an activating group) is 1. The summed E-state index contributed by atoms with van der Waals surface area (Å²) in [5, 5.41) is 6.45. The van der Waals surface area contributed by atoms with Crippen molar-refractivity contribution in [3.63, 3.8) is 0 Å². The monoisotopic (exact) mass is 268 g/mol. The smallest absolute Gasteiger partial charge is 0.223 e. The van der Waals surface area contributed by atoms with Gasteiger partial charge in [-0.2, -0.15) is 0 Å². The fraction of sp³-hybridized carbons (Fsp3) is 0.938. The van der Waals surface area contributed by atoms with Gasteiger partial charge < -0.3 is 10.6 Å². The van der Waals surface area contributed by atoms with Crippen molar-refractivity contribution in [2.45, 2.75) is 71.8 Å². The van der Waals surface area contributed by atoms with Crippen LogP contribution in [0.15, 0.2) is 0 Å². The first-order valence-electron chi connectivity index (χ1n) is 8.18. The standard InChI is InChI=1S/C16H32N2O/c1-4-8-15(11-14-9-6-7-10-14)16(19)18-12-13(3)17-5-2/h13-15,17H,4-12H2,1-3H3,(H,18,19)/t13-,15?/m1/s1. The molecule has 19 heavy (non-hydrogen) atoms. The minimum absolute atomic E-state index is 0.238. The zero-order valence-corrected chi connectivity index (χ0v) is 13.0. The van der Waals surface area contributed by atoms with Gasteiger partial charge in [-0.25, -0.2) is 0 Å². The molecule has 3 nitrogen and oxygen atoms in total. The van der Waals surface area contributed by atoms with E-state index in [0.717, 1.165) is 38.3 Å². The van der Waals surface area contributed by atoms with Crippen LogP contribution in [0.1, 0.15) is 65.7 Å². The first kappa shape index (κ1) is 16.5. The van der Waals surface area contributed by atoms with Crippen LogP contribution in [0.5, 0.6) is 0 Å². The maximum atomic E-state index is 12.3. The van der Waals surface area contributed by atoms with Crippen LogP contribution in [0.25, 0.3) is 0 Å². The maximum Gasteiger partial charge on any atom is 0.223 e. The van der Waals surface area contributed by atoms with Crippen LogP contribution in [0.3, 0.4) is 0 Å². The third-order valence-corrected chi connectivity index (χ3v) is 4.24. The predicted molar refractivity (Wildman–Crippen MR) is 81.1 cm³/mol. The minimum atomic E-state index is 0.238. The van der Waals surface area contributed by atoms with Crippen molar-refractivity contribution in [3.8, 4) is 0 Å². The summed E-state index contributed by atoms with van der Waals surface area (Å²) in [5.41, 5.74) is 0. The van der Waals surface area contributed by atoms with Crippen molar-refractivity contribution in [3.05, 3.63) is 0 Å². The SMILES string of the molecule is CCCC(CC1CCCC1)C(=O)NC[C@@H](C)NCC. The lowest BCUT2D eigenvalue weighted by molar-refractivity contribution is -0.125. The lowest BCUT2D eigenvalue weighted by Crippen LogP contribution is -2.41. The Morgan fingerprint density at radius 2 is 1.95 bits per heavy atom. The van der Waals surface area contributed by atoms with Gasteiger partial charge in [-0.1, -0.05) is 46.0 Å². The third kappa shape index (κ3) is 6.42. The molecule has 1 amide bonds. The molecule has 1 fully saturated rings. The molecule has 1 saturated carbocycles. The van der Waals surface area contributed by atoms with E-state index in [0.29, 0.717) is 6.04 Å². The van der Waals surface area contributed by atoms with Gasteiger partial charge in [0.2, 0.25) is 5.91 Å². The number of carbonyl (C=O) groups excluding carboxylic acids is 1. The van der Waals surface area contributed by atoms with E-state index in [1.54, 1.807) is 0 Å². The summed E-state index contributed by atoms with van der Waals surface area (Å²) < 4.78 is 0. The Hall–Kier alpha value is -0.570. The third-order valence-electron chi connectivity index (χ3n) is 4.24. The molecule has 1 rings (SSSR count). The maximum absolute atomic E-state index is 12.3. The minimum Gasteiger partial charge on any atom is -0.354 e. The van der Waals surface area contributed by atoms with Crippen LogP contribution < -0.4 is 10.6 Å². The fourth-order valence-corrected chi connectivity index (χ4v) is 3.17. The van der Waals surface area contributed by atoms with Crippen molar-refractivity contribution in [1.82, 2.24) is 10.6 Å². The highest BCUT2D eigenvalue weighted by atomic mass is 16.1. The largest absolute Gasteiger partial charge is 0.354 e. The summed E-state index contributed by atoms with van der Waals surface area (Å²) in [4.78, 5) is 12.3. The van der Waals surface area contributed by atoms with Crippen LogP contribution >= 0.6 is 0 Å². The van der Waals surface area contributed by atoms with Gasteiger partial charge in [0.25, 0.3) is 0 Å². The molecule has 1 unspecified atom stereocenters. The van der Waals surface area contributed by atoms with E-state index in [1.165, 1.54) is 25.7 Å². The van der Waals surface area contributed by atoms with Crippen LogP contribution in [-0.4, -0.2) is 25.0 Å². The van der Waals surface area contributed by atoms with Crippen molar-refractivity contribution in [2.24, 2.45) is 11.8 Å². The van der Waals surface area contributed by atoms with Gasteiger partial charge in [0.05, 0.1) is 0 Å². The number of hydrogen-bond acceptors (Lipinski definition) is 2. The predicted octanol–water partition coefficient (Wildman–Crippen LogP) is 3.10. The molecule has 0 radical (unpaired) electrons. The molecule has 0 aliphatic heterocycles. The van der Waals surface area contributed by atoms with E-state index in [-0.39, 0.29) is 11.8 Å². The summed E-state index contributed by atoms with van der Waals surface area (Å²) in [6.45, 7) is 8.10. The Labute approximate surface area is 118 Å².